The van der Waals surface area contributed by atoms with Gasteiger partial charge in [0.1, 0.15) is 5.76 Å². The van der Waals surface area contributed by atoms with E-state index in [1.165, 1.54) is 0 Å². The molecule has 2 heteroatoms. The molecule has 0 unspecified atom stereocenters. The minimum absolute atomic E-state index is 0.893. The van der Waals surface area contributed by atoms with E-state index >= 15 is 0 Å². The smallest absolute Gasteiger partial charge is 0.118 e. The van der Waals surface area contributed by atoms with E-state index in [-0.39, 0.29) is 0 Å². The van der Waals surface area contributed by atoms with Crippen molar-refractivity contribution in [3.63, 3.8) is 0 Å². The quantitative estimate of drug-likeness (QED) is 0.673. The third-order valence-electron chi connectivity index (χ3n) is 1.87. The summed E-state index contributed by atoms with van der Waals surface area (Å²) in [4.78, 5) is 3.02. The lowest BCUT2D eigenvalue weighted by Gasteiger charge is -2.01. The Morgan fingerprint density at radius 1 is 1.54 bits per heavy atom. The monoisotopic (exact) mass is 177 g/mol. The maximum absolute atomic E-state index is 5.22. The van der Waals surface area contributed by atoms with Crippen molar-refractivity contribution in [2.45, 2.75) is 13.8 Å². The Bertz CT molecular complexity index is 408. The molecule has 0 radical (unpaired) electrons. The van der Waals surface area contributed by atoms with E-state index in [1.807, 2.05) is 32.2 Å². The van der Waals surface area contributed by atoms with Gasteiger partial charge in [0, 0.05) is 16.8 Å². The lowest BCUT2D eigenvalue weighted by molar-refractivity contribution is 0.309. The average Bonchev–Trinajstić information content (AvgIpc) is 2.46. The zero-order chi connectivity index (χ0) is 9.84. The van der Waals surface area contributed by atoms with Crippen LogP contribution in [0, 0.1) is 0 Å². The highest BCUT2D eigenvalue weighted by molar-refractivity contribution is 5.44. The molecule has 13 heavy (non-hydrogen) atoms. The summed E-state index contributed by atoms with van der Waals surface area (Å²) in [6, 6.07) is 1.98. The van der Waals surface area contributed by atoms with Crippen molar-refractivity contribution in [2.75, 3.05) is 7.11 Å². The fourth-order valence-corrected chi connectivity index (χ4v) is 1.10. The van der Waals surface area contributed by atoms with Crippen molar-refractivity contribution in [3.05, 3.63) is 34.2 Å². The second-order valence-electron chi connectivity index (χ2n) is 3.12. The van der Waals surface area contributed by atoms with Crippen LogP contribution in [0.3, 0.4) is 0 Å². The summed E-state index contributed by atoms with van der Waals surface area (Å²) in [5.41, 5.74) is 1.16. The topological polar surface area (TPSA) is 25.0 Å². The van der Waals surface area contributed by atoms with Crippen LogP contribution in [0.2, 0.25) is 0 Å². The summed E-state index contributed by atoms with van der Waals surface area (Å²) in [6.45, 7) is 7.90. The van der Waals surface area contributed by atoms with E-state index in [1.54, 1.807) is 7.11 Å². The Balaban J connectivity index is 3.22. The van der Waals surface area contributed by atoms with Crippen LogP contribution in [0.4, 0.5) is 0 Å². The molecule has 0 spiro atoms. The van der Waals surface area contributed by atoms with Gasteiger partial charge in [0.2, 0.25) is 0 Å². The molecule has 0 atom stereocenters. The number of methoxy groups -OCH3 is 1. The van der Waals surface area contributed by atoms with Gasteiger partial charge in [-0.05, 0) is 31.6 Å². The van der Waals surface area contributed by atoms with Crippen molar-refractivity contribution in [1.29, 1.82) is 0 Å². The van der Waals surface area contributed by atoms with Gasteiger partial charge >= 0.3 is 0 Å². The van der Waals surface area contributed by atoms with Crippen molar-refractivity contribution in [2.24, 2.45) is 0 Å². The molecule has 0 aliphatic carbocycles. The van der Waals surface area contributed by atoms with E-state index in [0.717, 1.165) is 21.9 Å². The lowest BCUT2D eigenvalue weighted by Crippen LogP contribution is -2.20. The highest BCUT2D eigenvalue weighted by Crippen LogP contribution is 2.04. The van der Waals surface area contributed by atoms with Gasteiger partial charge in [0.05, 0.1) is 7.11 Å². The minimum atomic E-state index is 0.893. The molecule has 0 aliphatic rings. The minimum Gasteiger partial charge on any atom is -0.497 e. The number of aromatic nitrogens is 1. The Kier molecular flexibility index (Phi) is 2.96. The van der Waals surface area contributed by atoms with E-state index in [4.69, 9.17) is 4.74 Å². The molecule has 0 saturated heterocycles. The third kappa shape index (κ3) is 2.25. The van der Waals surface area contributed by atoms with Gasteiger partial charge in [-0.2, -0.15) is 0 Å². The van der Waals surface area contributed by atoms with Crippen LogP contribution in [0.25, 0.3) is 12.7 Å². The lowest BCUT2D eigenvalue weighted by atomic mass is 10.2. The molecule has 0 aliphatic heterocycles. The standard InChI is InChI=1S/C11H15NO/c1-8(2)11(13-4)7-10-5-6-12-9(10)3/h5-7,12H,3H2,1-2,4H3/b10-7-. The molecule has 1 aromatic heterocycles. The van der Waals surface area contributed by atoms with Gasteiger partial charge in [-0.25, -0.2) is 0 Å². The number of allylic oxidation sites excluding steroid dienone is 2. The van der Waals surface area contributed by atoms with Gasteiger partial charge in [-0.3, -0.25) is 0 Å². The van der Waals surface area contributed by atoms with E-state index < -0.39 is 0 Å². The number of hydrogen-bond donors (Lipinski definition) is 1. The third-order valence-corrected chi connectivity index (χ3v) is 1.87. The number of ether oxygens (including phenoxy) is 1. The van der Waals surface area contributed by atoms with Crippen LogP contribution in [-0.4, -0.2) is 12.1 Å². The van der Waals surface area contributed by atoms with Crippen LogP contribution in [0.1, 0.15) is 13.8 Å². The van der Waals surface area contributed by atoms with Gasteiger partial charge in [0.15, 0.2) is 0 Å². The molecule has 0 amide bonds. The maximum atomic E-state index is 5.22. The number of rotatable bonds is 2. The average molecular weight is 177 g/mol. The fourth-order valence-electron chi connectivity index (χ4n) is 1.10. The van der Waals surface area contributed by atoms with Gasteiger partial charge in [-0.1, -0.05) is 6.58 Å². The number of nitrogens with one attached hydrogen (secondary N) is 1. The predicted molar refractivity (Wildman–Crippen MR) is 55.4 cm³/mol. The number of aromatic amines is 1. The first-order chi connectivity index (χ1) is 6.15. The summed E-state index contributed by atoms with van der Waals surface area (Å²) < 4.78 is 5.22. The largest absolute Gasteiger partial charge is 0.497 e. The normalized spacial score (nSPS) is 11.5. The molecule has 0 bridgehead atoms. The SMILES string of the molecule is C=c1[nH]cc/c1=C/C(OC)=C(C)C. The van der Waals surface area contributed by atoms with E-state index in [2.05, 4.69) is 11.6 Å². The Morgan fingerprint density at radius 2 is 2.23 bits per heavy atom. The van der Waals surface area contributed by atoms with Crippen LogP contribution >= 0.6 is 0 Å². The van der Waals surface area contributed by atoms with Crippen LogP contribution in [0.15, 0.2) is 23.6 Å². The van der Waals surface area contributed by atoms with Gasteiger partial charge in [0.25, 0.3) is 0 Å². The Labute approximate surface area is 78.2 Å². The molecule has 2 nitrogen and oxygen atoms in total. The van der Waals surface area contributed by atoms with Crippen LogP contribution in [-0.2, 0) is 4.74 Å². The molecule has 1 heterocycles. The molecule has 1 aromatic rings. The molecule has 70 valence electrons. The first-order valence-corrected chi connectivity index (χ1v) is 4.20. The molecule has 1 N–H and O–H groups in total. The maximum Gasteiger partial charge on any atom is 0.118 e. The van der Waals surface area contributed by atoms with Gasteiger partial charge < -0.3 is 9.72 Å². The first kappa shape index (κ1) is 9.65. The number of H-pyrrole nitrogens is 1. The van der Waals surface area contributed by atoms with Crippen LogP contribution in [0.5, 0.6) is 0 Å². The molecular weight excluding hydrogens is 162 g/mol. The van der Waals surface area contributed by atoms with Crippen molar-refractivity contribution in [1.82, 2.24) is 4.98 Å². The van der Waals surface area contributed by atoms with Crippen molar-refractivity contribution >= 4 is 12.7 Å². The first-order valence-electron chi connectivity index (χ1n) is 4.20. The second-order valence-corrected chi connectivity index (χ2v) is 3.12. The predicted octanol–water partition coefficient (Wildman–Crippen LogP) is 1.15. The molecular formula is C11H15NO. The van der Waals surface area contributed by atoms with Crippen LogP contribution < -0.4 is 10.6 Å². The summed E-state index contributed by atoms with van der Waals surface area (Å²) in [7, 11) is 1.67. The zero-order valence-corrected chi connectivity index (χ0v) is 8.35. The highest BCUT2D eigenvalue weighted by Gasteiger charge is 1.93. The second kappa shape index (κ2) is 3.99. The summed E-state index contributed by atoms with van der Waals surface area (Å²) in [5, 5.41) is 1.98. The fraction of sp³-hybridized carbons (Fsp3) is 0.273. The summed E-state index contributed by atoms with van der Waals surface area (Å²) >= 11 is 0. The molecule has 0 aromatic carbocycles. The Hall–Kier alpha value is -1.44. The zero-order valence-electron chi connectivity index (χ0n) is 8.35. The molecule has 0 fully saturated rings. The molecule has 0 saturated carbocycles. The Morgan fingerprint density at radius 3 is 2.62 bits per heavy atom. The van der Waals surface area contributed by atoms with Crippen molar-refractivity contribution < 1.29 is 4.74 Å². The highest BCUT2D eigenvalue weighted by atomic mass is 16.5. The summed E-state index contributed by atoms with van der Waals surface area (Å²) in [6.07, 6.45) is 3.85. The molecule has 1 rings (SSSR count). The number of hydrogen-bond acceptors (Lipinski definition) is 1. The van der Waals surface area contributed by atoms with Crippen molar-refractivity contribution in [3.8, 4) is 0 Å². The van der Waals surface area contributed by atoms with Gasteiger partial charge in [-0.15, -0.1) is 0 Å². The van der Waals surface area contributed by atoms with E-state index in [9.17, 15) is 0 Å². The van der Waals surface area contributed by atoms with E-state index in [0.29, 0.717) is 0 Å². The summed E-state index contributed by atoms with van der Waals surface area (Å²) in [5.74, 6) is 0.893.